The molecule has 3 aromatic carbocycles. The molecular weight excluding hydrogens is 342 g/mol. The predicted octanol–water partition coefficient (Wildman–Crippen LogP) is -1.67. The van der Waals surface area contributed by atoms with Gasteiger partial charge in [0.1, 0.15) is 0 Å². The smallest absolute Gasteiger partial charge is 1.00 e. The molecule has 3 rings (SSSR count). The fourth-order valence-corrected chi connectivity index (χ4v) is 2.23. The molecule has 0 aromatic heterocycles. The second-order valence-corrected chi connectivity index (χ2v) is 4.33. The Morgan fingerprint density at radius 2 is 1.11 bits per heavy atom. The van der Waals surface area contributed by atoms with Crippen molar-refractivity contribution in [1.29, 1.82) is 0 Å². The molecule has 3 heteroatoms. The Bertz CT molecular complexity index is 600. The van der Waals surface area contributed by atoms with Crippen LogP contribution >= 0.6 is 0 Å². The molecule has 0 heterocycles. The molecule has 0 atom stereocenters. The molecule has 0 nitrogen and oxygen atoms in total. The van der Waals surface area contributed by atoms with Crippen LogP contribution in [0.1, 0.15) is 11.1 Å². The summed E-state index contributed by atoms with van der Waals surface area (Å²) in [4.78, 5) is 0. The average Bonchev–Trinajstić information content (AvgIpc) is 2.56. The summed E-state index contributed by atoms with van der Waals surface area (Å²) >= 11 is 0. The number of aryl methyl sites for hydroxylation is 2. The molecular formula is C15H13Cl2Zr. The van der Waals surface area contributed by atoms with Crippen molar-refractivity contribution in [2.45, 2.75) is 13.8 Å². The van der Waals surface area contributed by atoms with Crippen LogP contribution < -0.4 is 24.8 Å². The van der Waals surface area contributed by atoms with E-state index in [0.29, 0.717) is 0 Å². The third kappa shape index (κ3) is 3.02. The summed E-state index contributed by atoms with van der Waals surface area (Å²) in [5.74, 6) is 0. The van der Waals surface area contributed by atoms with Crippen molar-refractivity contribution in [2.24, 2.45) is 0 Å². The largest absolute Gasteiger partial charge is 3.00 e. The molecule has 0 bridgehead atoms. The number of hydrogen-bond donors (Lipinski definition) is 0. The number of hydrogen-bond acceptors (Lipinski definition) is 0. The van der Waals surface area contributed by atoms with E-state index in [0.717, 1.165) is 0 Å². The monoisotopic (exact) mass is 353 g/mol. The minimum Gasteiger partial charge on any atom is -1.00 e. The van der Waals surface area contributed by atoms with Gasteiger partial charge in [0.05, 0.1) is 0 Å². The first kappa shape index (κ1) is 17.8. The molecule has 1 radical (unpaired) electrons. The summed E-state index contributed by atoms with van der Waals surface area (Å²) in [7, 11) is 0. The zero-order chi connectivity index (χ0) is 10.4. The zero-order valence-electron chi connectivity index (χ0n) is 10.3. The number of halogens is 2. The molecule has 91 valence electrons. The standard InChI is InChI=1S/C15H13.2ClH.Zr/c1-10-3-5-12-9-13-6-4-11(2)8-15(13)14(12)7-10;;;/h3-9H,1-2H3;2*1H;/q-1;;;+3/p-2. The zero-order valence-corrected chi connectivity index (χ0v) is 14.3. The summed E-state index contributed by atoms with van der Waals surface area (Å²) in [6, 6.07) is 15.6. The number of benzene rings is 2. The first-order valence-corrected chi connectivity index (χ1v) is 5.30. The van der Waals surface area contributed by atoms with Crippen molar-refractivity contribution in [2.75, 3.05) is 0 Å². The van der Waals surface area contributed by atoms with Gasteiger partial charge in [-0.05, 0) is 13.8 Å². The van der Waals surface area contributed by atoms with E-state index in [4.69, 9.17) is 0 Å². The van der Waals surface area contributed by atoms with E-state index < -0.39 is 0 Å². The van der Waals surface area contributed by atoms with Gasteiger partial charge in [0.25, 0.3) is 0 Å². The van der Waals surface area contributed by atoms with Gasteiger partial charge in [-0.25, -0.2) is 0 Å². The second kappa shape index (κ2) is 6.80. The molecule has 3 aromatic rings. The fourth-order valence-electron chi connectivity index (χ4n) is 2.23. The van der Waals surface area contributed by atoms with Crippen molar-refractivity contribution in [3.05, 3.63) is 53.6 Å². The molecule has 0 unspecified atom stereocenters. The van der Waals surface area contributed by atoms with Crippen LogP contribution in [0.3, 0.4) is 0 Å². The first-order chi connectivity index (χ1) is 7.24. The normalized spacial score (nSPS) is 9.44. The van der Waals surface area contributed by atoms with Gasteiger partial charge in [-0.3, -0.25) is 0 Å². The van der Waals surface area contributed by atoms with Gasteiger partial charge in [0.15, 0.2) is 0 Å². The molecule has 0 aliphatic carbocycles. The molecule has 0 amide bonds. The molecule has 0 aliphatic rings. The maximum Gasteiger partial charge on any atom is 3.00 e. The third-order valence-electron chi connectivity index (χ3n) is 3.02. The SMILES string of the molecule is Cc1ccc2[cH-]c3ccc(C)cc3c2c1.[Cl-].[Cl-].[Zr+3]. The number of rotatable bonds is 0. The van der Waals surface area contributed by atoms with Gasteiger partial charge in [0.2, 0.25) is 0 Å². The van der Waals surface area contributed by atoms with Gasteiger partial charge >= 0.3 is 26.2 Å². The second-order valence-electron chi connectivity index (χ2n) is 4.33. The van der Waals surface area contributed by atoms with Crippen molar-refractivity contribution in [3.8, 4) is 0 Å². The molecule has 0 saturated carbocycles. The van der Waals surface area contributed by atoms with Crippen LogP contribution in [0.15, 0.2) is 42.5 Å². The Morgan fingerprint density at radius 3 is 1.50 bits per heavy atom. The number of fused-ring (bicyclic) bond motifs is 3. The van der Waals surface area contributed by atoms with Gasteiger partial charge in [-0.15, -0.1) is 39.7 Å². The van der Waals surface area contributed by atoms with Crippen LogP contribution in [0.4, 0.5) is 0 Å². The maximum absolute atomic E-state index is 2.27. The Hall–Kier alpha value is -0.227. The van der Waals surface area contributed by atoms with E-state index in [1.54, 1.807) is 0 Å². The quantitative estimate of drug-likeness (QED) is 0.424. The first-order valence-electron chi connectivity index (χ1n) is 5.30. The van der Waals surface area contributed by atoms with E-state index in [1.165, 1.54) is 32.7 Å². The molecule has 0 N–H and O–H groups in total. The Kier molecular flexibility index (Phi) is 6.71. The van der Waals surface area contributed by atoms with E-state index in [1.807, 2.05) is 0 Å². The predicted molar refractivity (Wildman–Crippen MR) is 66.5 cm³/mol. The van der Waals surface area contributed by atoms with E-state index in [2.05, 4.69) is 56.3 Å². The third-order valence-corrected chi connectivity index (χ3v) is 3.02. The van der Waals surface area contributed by atoms with Crippen molar-refractivity contribution in [1.82, 2.24) is 0 Å². The molecule has 0 fully saturated rings. The van der Waals surface area contributed by atoms with Crippen LogP contribution in [0.5, 0.6) is 0 Å². The van der Waals surface area contributed by atoms with Crippen molar-refractivity contribution < 1.29 is 51.0 Å². The van der Waals surface area contributed by atoms with E-state index in [9.17, 15) is 0 Å². The van der Waals surface area contributed by atoms with Crippen LogP contribution in [-0.2, 0) is 26.2 Å². The minimum atomic E-state index is 0. The average molecular weight is 355 g/mol. The van der Waals surface area contributed by atoms with Crippen LogP contribution in [-0.4, -0.2) is 0 Å². The molecule has 0 spiro atoms. The van der Waals surface area contributed by atoms with Gasteiger partial charge in [-0.1, -0.05) is 35.4 Å². The summed E-state index contributed by atoms with van der Waals surface area (Å²) in [6.45, 7) is 4.29. The van der Waals surface area contributed by atoms with Crippen LogP contribution in [0, 0.1) is 13.8 Å². The summed E-state index contributed by atoms with van der Waals surface area (Å²) in [5.41, 5.74) is 2.66. The Morgan fingerprint density at radius 1 is 0.722 bits per heavy atom. The van der Waals surface area contributed by atoms with Gasteiger partial charge < -0.3 is 24.8 Å². The summed E-state index contributed by atoms with van der Waals surface area (Å²) in [5, 5.41) is 5.46. The molecule has 18 heavy (non-hydrogen) atoms. The van der Waals surface area contributed by atoms with Gasteiger partial charge in [-0.2, -0.15) is 0 Å². The van der Waals surface area contributed by atoms with Gasteiger partial charge in [0, 0.05) is 0 Å². The van der Waals surface area contributed by atoms with Crippen molar-refractivity contribution >= 4 is 21.5 Å². The topological polar surface area (TPSA) is 0 Å². The maximum atomic E-state index is 2.27. The Labute approximate surface area is 139 Å². The summed E-state index contributed by atoms with van der Waals surface area (Å²) in [6.07, 6.45) is 0. The molecule has 0 aliphatic heterocycles. The van der Waals surface area contributed by atoms with Crippen LogP contribution in [0.25, 0.3) is 21.5 Å². The van der Waals surface area contributed by atoms with Crippen LogP contribution in [0.2, 0.25) is 0 Å². The minimum absolute atomic E-state index is 0. The Balaban J connectivity index is 0.000000963. The van der Waals surface area contributed by atoms with Crippen molar-refractivity contribution in [3.63, 3.8) is 0 Å². The molecule has 0 saturated heterocycles. The van der Waals surface area contributed by atoms with E-state index >= 15 is 0 Å². The summed E-state index contributed by atoms with van der Waals surface area (Å²) < 4.78 is 0. The van der Waals surface area contributed by atoms with E-state index in [-0.39, 0.29) is 51.0 Å². The fraction of sp³-hybridized carbons (Fsp3) is 0.133.